The van der Waals surface area contributed by atoms with Crippen LogP contribution in [0.5, 0.6) is 0 Å². The number of carbonyl (C=O) groups is 1. The van der Waals surface area contributed by atoms with Gasteiger partial charge in [-0.1, -0.05) is 0 Å². The minimum atomic E-state index is -0.510. The highest BCUT2D eigenvalue weighted by Gasteiger charge is 2.10. The Labute approximate surface area is 113 Å². The second-order valence-corrected chi connectivity index (χ2v) is 3.89. The Morgan fingerprint density at radius 1 is 1.20 bits per heavy atom. The van der Waals surface area contributed by atoms with E-state index in [1.54, 1.807) is 0 Å². The standard InChI is InChI=1S/C14H8FN3O2/c15-11-4-1-9(2-5-11)14(19)17-13-7-12(18-20)6-3-10(13)8-16/h1-7H,(H,17,19). The second-order valence-electron chi connectivity index (χ2n) is 3.89. The van der Waals surface area contributed by atoms with Gasteiger partial charge in [-0.3, -0.25) is 4.79 Å². The van der Waals surface area contributed by atoms with Crippen LogP contribution in [0.1, 0.15) is 15.9 Å². The summed E-state index contributed by atoms with van der Waals surface area (Å²) in [6.07, 6.45) is 0. The molecule has 0 aliphatic heterocycles. The zero-order valence-corrected chi connectivity index (χ0v) is 10.1. The van der Waals surface area contributed by atoms with E-state index in [-0.39, 0.29) is 22.5 Å². The van der Waals surface area contributed by atoms with E-state index in [1.807, 2.05) is 6.07 Å². The third-order valence-electron chi connectivity index (χ3n) is 2.58. The Kier molecular flexibility index (Phi) is 3.82. The van der Waals surface area contributed by atoms with Crippen LogP contribution in [-0.2, 0) is 0 Å². The van der Waals surface area contributed by atoms with Crippen molar-refractivity contribution in [3.05, 3.63) is 64.3 Å². The van der Waals surface area contributed by atoms with E-state index < -0.39 is 11.7 Å². The van der Waals surface area contributed by atoms with Crippen molar-refractivity contribution in [1.82, 2.24) is 0 Å². The highest BCUT2D eigenvalue weighted by Crippen LogP contribution is 2.23. The number of anilines is 1. The first-order chi connectivity index (χ1) is 9.63. The molecule has 6 heteroatoms. The summed E-state index contributed by atoms with van der Waals surface area (Å²) >= 11 is 0. The highest BCUT2D eigenvalue weighted by molar-refractivity contribution is 6.05. The van der Waals surface area contributed by atoms with Crippen molar-refractivity contribution in [1.29, 1.82) is 5.26 Å². The normalized spacial score (nSPS) is 9.60. The molecule has 0 aliphatic rings. The van der Waals surface area contributed by atoms with Gasteiger partial charge < -0.3 is 5.32 Å². The van der Waals surface area contributed by atoms with Gasteiger partial charge in [0, 0.05) is 5.56 Å². The number of nitriles is 1. The third-order valence-corrected chi connectivity index (χ3v) is 2.58. The van der Waals surface area contributed by atoms with E-state index in [9.17, 15) is 14.1 Å². The van der Waals surface area contributed by atoms with Crippen molar-refractivity contribution in [2.75, 3.05) is 5.32 Å². The largest absolute Gasteiger partial charge is 0.321 e. The quantitative estimate of drug-likeness (QED) is 0.867. The Bertz CT molecular complexity index is 705. The number of amides is 1. The van der Waals surface area contributed by atoms with Gasteiger partial charge >= 0.3 is 0 Å². The van der Waals surface area contributed by atoms with E-state index in [2.05, 4.69) is 10.5 Å². The van der Waals surface area contributed by atoms with E-state index >= 15 is 0 Å². The molecule has 0 heterocycles. The van der Waals surface area contributed by atoms with Crippen LogP contribution in [0.25, 0.3) is 0 Å². The number of rotatable bonds is 3. The summed E-state index contributed by atoms with van der Waals surface area (Å²) in [6, 6.07) is 10.9. The van der Waals surface area contributed by atoms with Gasteiger partial charge in [0.15, 0.2) is 0 Å². The molecule has 0 aromatic heterocycles. The molecule has 0 spiro atoms. The topological polar surface area (TPSA) is 82.3 Å². The van der Waals surface area contributed by atoms with Crippen LogP contribution < -0.4 is 5.32 Å². The van der Waals surface area contributed by atoms with Gasteiger partial charge in [-0.05, 0) is 47.6 Å². The molecule has 0 unspecified atom stereocenters. The van der Waals surface area contributed by atoms with Crippen LogP contribution in [0.3, 0.4) is 0 Å². The van der Waals surface area contributed by atoms with Gasteiger partial charge in [-0.15, -0.1) is 4.91 Å². The lowest BCUT2D eigenvalue weighted by Crippen LogP contribution is -2.12. The lowest BCUT2D eigenvalue weighted by molar-refractivity contribution is 0.102. The molecule has 5 nitrogen and oxygen atoms in total. The molecule has 2 aromatic rings. The van der Waals surface area contributed by atoms with Gasteiger partial charge in [-0.2, -0.15) is 5.26 Å². The maximum absolute atomic E-state index is 12.8. The fourth-order valence-corrected chi connectivity index (χ4v) is 1.59. The first-order valence-electron chi connectivity index (χ1n) is 5.58. The van der Waals surface area contributed by atoms with E-state index in [4.69, 9.17) is 5.26 Å². The zero-order chi connectivity index (χ0) is 14.5. The summed E-state index contributed by atoms with van der Waals surface area (Å²) in [6.45, 7) is 0. The van der Waals surface area contributed by atoms with Crippen LogP contribution in [0.4, 0.5) is 15.8 Å². The summed E-state index contributed by atoms with van der Waals surface area (Å²) in [5.41, 5.74) is 0.713. The molecule has 1 N–H and O–H groups in total. The molecule has 0 saturated heterocycles. The van der Waals surface area contributed by atoms with Crippen molar-refractivity contribution in [3.8, 4) is 6.07 Å². The van der Waals surface area contributed by atoms with E-state index in [1.165, 1.54) is 30.3 Å². The van der Waals surface area contributed by atoms with Crippen LogP contribution in [0.15, 0.2) is 47.6 Å². The first kappa shape index (κ1) is 13.4. The minimum Gasteiger partial charge on any atom is -0.321 e. The molecular formula is C14H8FN3O2. The predicted octanol–water partition coefficient (Wildman–Crippen LogP) is 3.35. The Morgan fingerprint density at radius 2 is 1.90 bits per heavy atom. The average Bonchev–Trinajstić information content (AvgIpc) is 2.47. The van der Waals surface area contributed by atoms with Crippen LogP contribution in [0, 0.1) is 22.1 Å². The maximum atomic E-state index is 12.8. The Balaban J connectivity index is 2.29. The summed E-state index contributed by atoms with van der Waals surface area (Å²) in [5.74, 6) is -0.962. The number of benzene rings is 2. The number of hydrogen-bond donors (Lipinski definition) is 1. The smallest absolute Gasteiger partial charge is 0.255 e. The van der Waals surface area contributed by atoms with Crippen molar-refractivity contribution < 1.29 is 9.18 Å². The van der Waals surface area contributed by atoms with Gasteiger partial charge in [0.25, 0.3) is 5.91 Å². The Morgan fingerprint density at radius 3 is 2.50 bits per heavy atom. The lowest BCUT2D eigenvalue weighted by Gasteiger charge is -2.07. The van der Waals surface area contributed by atoms with Crippen LogP contribution in [-0.4, -0.2) is 5.91 Å². The van der Waals surface area contributed by atoms with Crippen molar-refractivity contribution in [3.63, 3.8) is 0 Å². The van der Waals surface area contributed by atoms with Gasteiger partial charge in [-0.25, -0.2) is 4.39 Å². The van der Waals surface area contributed by atoms with Crippen molar-refractivity contribution >= 4 is 17.3 Å². The summed E-state index contributed by atoms with van der Waals surface area (Å²) in [7, 11) is 0. The Hall–Kier alpha value is -3.07. The minimum absolute atomic E-state index is 0.0957. The second kappa shape index (κ2) is 5.71. The molecule has 0 aliphatic carbocycles. The van der Waals surface area contributed by atoms with Crippen molar-refractivity contribution in [2.45, 2.75) is 0 Å². The zero-order valence-electron chi connectivity index (χ0n) is 10.1. The summed E-state index contributed by atoms with van der Waals surface area (Å²) < 4.78 is 12.8. The van der Waals surface area contributed by atoms with Crippen LogP contribution in [0.2, 0.25) is 0 Å². The maximum Gasteiger partial charge on any atom is 0.255 e. The molecule has 0 atom stereocenters. The molecule has 20 heavy (non-hydrogen) atoms. The number of nitroso groups, excluding NO2 is 1. The monoisotopic (exact) mass is 269 g/mol. The van der Waals surface area contributed by atoms with E-state index in [0.29, 0.717) is 0 Å². The van der Waals surface area contributed by atoms with Gasteiger partial charge in [0.2, 0.25) is 0 Å². The third kappa shape index (κ3) is 2.84. The summed E-state index contributed by atoms with van der Waals surface area (Å²) in [4.78, 5) is 22.4. The molecule has 0 fully saturated rings. The molecule has 0 radical (unpaired) electrons. The molecule has 0 saturated carbocycles. The highest BCUT2D eigenvalue weighted by atomic mass is 19.1. The fraction of sp³-hybridized carbons (Fsp3) is 0. The number of nitrogens with zero attached hydrogens (tertiary/aromatic N) is 2. The first-order valence-corrected chi connectivity index (χ1v) is 5.58. The molecule has 2 aromatic carbocycles. The molecule has 1 amide bonds. The SMILES string of the molecule is N#Cc1ccc(N=O)cc1NC(=O)c1ccc(F)cc1. The number of nitrogens with one attached hydrogen (secondary N) is 1. The number of carbonyl (C=O) groups excluding carboxylic acids is 1. The summed E-state index contributed by atoms with van der Waals surface area (Å²) in [5, 5.41) is 14.2. The molecule has 0 bridgehead atoms. The van der Waals surface area contributed by atoms with Crippen LogP contribution >= 0.6 is 0 Å². The number of hydrogen-bond acceptors (Lipinski definition) is 4. The van der Waals surface area contributed by atoms with E-state index in [0.717, 1.165) is 12.1 Å². The molecule has 98 valence electrons. The van der Waals surface area contributed by atoms with Crippen molar-refractivity contribution in [2.24, 2.45) is 5.18 Å². The lowest BCUT2D eigenvalue weighted by atomic mass is 10.1. The van der Waals surface area contributed by atoms with Gasteiger partial charge in [0.1, 0.15) is 17.6 Å². The fourth-order valence-electron chi connectivity index (χ4n) is 1.59. The predicted molar refractivity (Wildman–Crippen MR) is 71.0 cm³/mol. The molecule has 2 rings (SSSR count). The number of halogens is 1. The van der Waals surface area contributed by atoms with Gasteiger partial charge in [0.05, 0.1) is 11.3 Å². The molecular weight excluding hydrogens is 261 g/mol. The average molecular weight is 269 g/mol.